The molecule has 1 aromatic rings. The summed E-state index contributed by atoms with van der Waals surface area (Å²) in [5.41, 5.74) is 0.638. The molecule has 2 bridgehead atoms. The summed E-state index contributed by atoms with van der Waals surface area (Å²) >= 11 is 6.74. The Morgan fingerprint density at radius 3 is 2.38 bits per heavy atom. The summed E-state index contributed by atoms with van der Waals surface area (Å²) in [6, 6.07) is 5.36. The highest BCUT2D eigenvalue weighted by Crippen LogP contribution is 2.48. The van der Waals surface area contributed by atoms with Gasteiger partial charge in [-0.2, -0.15) is 0 Å². The molecule has 0 aromatic heterocycles. The van der Waals surface area contributed by atoms with Gasteiger partial charge in [0.1, 0.15) is 0 Å². The van der Waals surface area contributed by atoms with Gasteiger partial charge in [0.2, 0.25) is 5.91 Å². The Morgan fingerprint density at radius 2 is 1.76 bits per heavy atom. The second-order valence-corrected chi connectivity index (χ2v) is 7.15. The van der Waals surface area contributed by atoms with Crippen LogP contribution in [0.1, 0.15) is 6.42 Å². The molecule has 1 amide bonds. The number of halogens is 2. The largest absolute Gasteiger partial charge is 0.550 e. The number of rotatable bonds is 3. The molecule has 3 rings (SSSR count). The van der Waals surface area contributed by atoms with Crippen molar-refractivity contribution in [2.45, 2.75) is 6.42 Å². The number of nitrogens with one attached hydrogen (secondary N) is 1. The van der Waals surface area contributed by atoms with E-state index in [2.05, 4.69) is 37.2 Å². The summed E-state index contributed by atoms with van der Waals surface area (Å²) in [6.07, 6.45) is 4.57. The van der Waals surface area contributed by atoms with Crippen LogP contribution < -0.4 is 10.4 Å². The van der Waals surface area contributed by atoms with Crippen LogP contribution in [-0.2, 0) is 9.59 Å². The van der Waals surface area contributed by atoms with E-state index in [4.69, 9.17) is 0 Å². The fraction of sp³-hybridized carbons (Fsp3) is 0.333. The van der Waals surface area contributed by atoms with E-state index >= 15 is 0 Å². The maximum atomic E-state index is 12.5. The molecule has 0 radical (unpaired) electrons. The number of anilines is 1. The highest BCUT2D eigenvalue weighted by Gasteiger charge is 2.48. The molecule has 0 heterocycles. The Kier molecular flexibility index (Phi) is 3.92. The lowest BCUT2D eigenvalue weighted by Crippen LogP contribution is -2.42. The molecule has 1 fully saturated rings. The van der Waals surface area contributed by atoms with E-state index in [0.717, 1.165) is 15.4 Å². The van der Waals surface area contributed by atoms with Gasteiger partial charge in [-0.3, -0.25) is 4.79 Å². The van der Waals surface area contributed by atoms with Gasteiger partial charge in [0.05, 0.1) is 5.92 Å². The number of fused-ring (bicyclic) bond motifs is 2. The first kappa shape index (κ1) is 14.8. The van der Waals surface area contributed by atoms with Crippen LogP contribution in [0, 0.1) is 23.7 Å². The van der Waals surface area contributed by atoms with Crippen molar-refractivity contribution in [3.05, 3.63) is 39.3 Å². The van der Waals surface area contributed by atoms with E-state index in [1.165, 1.54) is 0 Å². The molecule has 1 N–H and O–H groups in total. The third kappa shape index (κ3) is 2.66. The van der Waals surface area contributed by atoms with Gasteiger partial charge in [-0.1, -0.05) is 12.2 Å². The number of carboxylic acids is 1. The number of aliphatic carboxylic acids is 1. The van der Waals surface area contributed by atoms with Gasteiger partial charge in [-0.05, 0) is 68.3 Å². The van der Waals surface area contributed by atoms with E-state index in [-0.39, 0.29) is 17.7 Å². The minimum Gasteiger partial charge on any atom is -0.550 e. The summed E-state index contributed by atoms with van der Waals surface area (Å²) in [6.45, 7) is 0. The van der Waals surface area contributed by atoms with Gasteiger partial charge in [0.25, 0.3) is 0 Å². The van der Waals surface area contributed by atoms with E-state index in [1.54, 1.807) is 12.1 Å². The molecule has 2 aliphatic rings. The van der Waals surface area contributed by atoms with Gasteiger partial charge in [-0.25, -0.2) is 0 Å². The number of hydrogen-bond acceptors (Lipinski definition) is 3. The Morgan fingerprint density at radius 1 is 1.10 bits per heavy atom. The first-order valence-corrected chi connectivity index (χ1v) is 8.21. The third-order valence-electron chi connectivity index (χ3n) is 4.22. The maximum Gasteiger partial charge on any atom is 0.228 e. The van der Waals surface area contributed by atoms with Crippen LogP contribution >= 0.6 is 31.9 Å². The zero-order chi connectivity index (χ0) is 15.1. The van der Waals surface area contributed by atoms with Crippen molar-refractivity contribution in [2.24, 2.45) is 23.7 Å². The van der Waals surface area contributed by atoms with Crippen LogP contribution in [0.3, 0.4) is 0 Å². The summed E-state index contributed by atoms with van der Waals surface area (Å²) in [5, 5.41) is 14.1. The topological polar surface area (TPSA) is 69.2 Å². The van der Waals surface area contributed by atoms with Crippen LogP contribution in [0.15, 0.2) is 39.3 Å². The number of carbonyl (C=O) groups excluding carboxylic acids is 2. The molecule has 0 aliphatic heterocycles. The smallest absolute Gasteiger partial charge is 0.228 e. The summed E-state index contributed by atoms with van der Waals surface area (Å²) < 4.78 is 1.71. The second kappa shape index (κ2) is 5.57. The molecule has 2 aliphatic carbocycles. The Bertz CT molecular complexity index is 644. The molecule has 0 spiro atoms. The van der Waals surface area contributed by atoms with Crippen molar-refractivity contribution in [2.75, 3.05) is 5.32 Å². The predicted octanol–water partition coefficient (Wildman–Crippen LogP) is 2.34. The van der Waals surface area contributed by atoms with Crippen molar-refractivity contribution in [1.82, 2.24) is 0 Å². The lowest BCUT2D eigenvalue weighted by molar-refractivity contribution is -0.313. The van der Waals surface area contributed by atoms with Crippen LogP contribution in [0.5, 0.6) is 0 Å². The van der Waals surface area contributed by atoms with Crippen molar-refractivity contribution in [1.29, 1.82) is 0 Å². The van der Waals surface area contributed by atoms with Gasteiger partial charge < -0.3 is 15.2 Å². The van der Waals surface area contributed by atoms with Gasteiger partial charge >= 0.3 is 0 Å². The second-order valence-electron chi connectivity index (χ2n) is 5.44. The minimum atomic E-state index is -1.14. The zero-order valence-electron chi connectivity index (χ0n) is 10.9. The molecule has 4 atom stereocenters. The third-order valence-corrected chi connectivity index (χ3v) is 6.10. The van der Waals surface area contributed by atoms with Crippen molar-refractivity contribution >= 4 is 49.4 Å². The molecule has 110 valence electrons. The number of amides is 1. The van der Waals surface area contributed by atoms with Crippen LogP contribution in [0.25, 0.3) is 0 Å². The van der Waals surface area contributed by atoms with Crippen LogP contribution in [0.2, 0.25) is 0 Å². The van der Waals surface area contributed by atoms with E-state index in [9.17, 15) is 14.7 Å². The number of hydrogen-bond donors (Lipinski definition) is 1. The fourth-order valence-electron chi connectivity index (χ4n) is 3.30. The van der Waals surface area contributed by atoms with Crippen molar-refractivity contribution < 1.29 is 14.7 Å². The van der Waals surface area contributed by atoms with Crippen molar-refractivity contribution in [3.8, 4) is 0 Å². The van der Waals surface area contributed by atoms with E-state index in [0.29, 0.717) is 5.69 Å². The highest BCUT2D eigenvalue weighted by molar-refractivity contribution is 9.13. The van der Waals surface area contributed by atoms with E-state index < -0.39 is 17.8 Å². The van der Waals surface area contributed by atoms with Gasteiger partial charge in [0.15, 0.2) is 0 Å². The van der Waals surface area contributed by atoms with Crippen molar-refractivity contribution in [3.63, 3.8) is 0 Å². The van der Waals surface area contributed by atoms with Crippen LogP contribution in [-0.4, -0.2) is 11.9 Å². The van der Waals surface area contributed by atoms with E-state index in [1.807, 2.05) is 18.2 Å². The number of allylic oxidation sites excluding steroid dienone is 2. The maximum absolute atomic E-state index is 12.5. The minimum absolute atomic E-state index is 0.00297. The molecule has 21 heavy (non-hydrogen) atoms. The molecule has 4 nitrogen and oxygen atoms in total. The highest BCUT2D eigenvalue weighted by atomic mass is 79.9. The number of benzene rings is 1. The molecule has 0 saturated heterocycles. The summed E-state index contributed by atoms with van der Waals surface area (Å²) in [5.74, 6) is -2.74. The summed E-state index contributed by atoms with van der Waals surface area (Å²) in [4.78, 5) is 23.8. The first-order chi connectivity index (χ1) is 9.97. The predicted molar refractivity (Wildman–Crippen MR) is 83.2 cm³/mol. The quantitative estimate of drug-likeness (QED) is 0.773. The standard InChI is InChI=1S/C15H13Br2NO3/c16-10-4-3-9(6-11(10)17)18-14(19)12-7-1-2-8(5-7)13(12)15(20)21/h1-4,6-8,12-13H,5H2,(H,18,19)(H,20,21)/p-1/t7-,8-,12+,13-/m0/s1. The van der Waals surface area contributed by atoms with Crippen LogP contribution in [0.4, 0.5) is 5.69 Å². The fourth-order valence-corrected chi connectivity index (χ4v) is 3.93. The SMILES string of the molecule is O=C([O-])[C@@H]1[C@H](C(=O)Nc2ccc(Br)c(Br)c2)[C@H]2C=C[C@H]1C2. The number of carboxylic acid groups (broad SMARTS) is 1. The van der Waals surface area contributed by atoms with Gasteiger partial charge in [-0.15, -0.1) is 0 Å². The summed E-state index contributed by atoms with van der Waals surface area (Å²) in [7, 11) is 0. The molecular weight excluding hydrogens is 402 g/mol. The average molecular weight is 414 g/mol. The molecule has 0 unspecified atom stereocenters. The molecular formula is C15H12Br2NO3-. The first-order valence-electron chi connectivity index (χ1n) is 6.62. The molecule has 1 saturated carbocycles. The molecule has 6 heteroatoms. The lowest BCUT2D eigenvalue weighted by Gasteiger charge is -2.27. The lowest BCUT2D eigenvalue weighted by atomic mass is 9.82. The molecule has 1 aromatic carbocycles. The Balaban J connectivity index is 1.80. The average Bonchev–Trinajstić information content (AvgIpc) is 3.03. The Labute approximate surface area is 138 Å². The normalized spacial score (nSPS) is 29.6. The number of carbonyl (C=O) groups is 2. The zero-order valence-corrected chi connectivity index (χ0v) is 14.1. The van der Waals surface area contributed by atoms with Gasteiger partial charge in [0, 0.05) is 26.5 Å². The monoisotopic (exact) mass is 412 g/mol. The Hall–Kier alpha value is -1.14.